The summed E-state index contributed by atoms with van der Waals surface area (Å²) in [6.45, 7) is 5.04. The molecular weight excluding hydrogens is 258 g/mol. The summed E-state index contributed by atoms with van der Waals surface area (Å²) in [7, 11) is 1.33. The Morgan fingerprint density at radius 1 is 1.10 bits per heavy atom. The SMILES string of the molecule is COC(=O)c1ccc(C(=O)N2[C@H](C)COC[C@H]2C)cc1. The Morgan fingerprint density at radius 2 is 1.60 bits per heavy atom. The minimum Gasteiger partial charge on any atom is -0.465 e. The quantitative estimate of drug-likeness (QED) is 0.772. The minimum absolute atomic E-state index is 0.0373. The summed E-state index contributed by atoms with van der Waals surface area (Å²) in [5, 5.41) is 0. The number of amides is 1. The van der Waals surface area contributed by atoms with Crippen LogP contribution in [0.4, 0.5) is 0 Å². The van der Waals surface area contributed by atoms with E-state index in [1.54, 1.807) is 24.3 Å². The van der Waals surface area contributed by atoms with Crippen molar-refractivity contribution in [2.75, 3.05) is 20.3 Å². The van der Waals surface area contributed by atoms with Crippen LogP contribution in [0.15, 0.2) is 24.3 Å². The molecule has 0 saturated carbocycles. The van der Waals surface area contributed by atoms with Gasteiger partial charge in [0, 0.05) is 5.56 Å². The topological polar surface area (TPSA) is 55.8 Å². The molecule has 1 aliphatic heterocycles. The summed E-state index contributed by atoms with van der Waals surface area (Å²) in [5.41, 5.74) is 1.00. The summed E-state index contributed by atoms with van der Waals surface area (Å²) in [6.07, 6.45) is 0. The maximum atomic E-state index is 12.5. The summed E-state index contributed by atoms with van der Waals surface area (Å²) in [4.78, 5) is 25.7. The number of benzene rings is 1. The predicted octanol–water partition coefficient (Wildman–Crippen LogP) is 1.72. The van der Waals surface area contributed by atoms with Gasteiger partial charge in [0.2, 0.25) is 0 Å². The first-order valence-electron chi connectivity index (χ1n) is 6.63. The largest absolute Gasteiger partial charge is 0.465 e. The highest BCUT2D eigenvalue weighted by molar-refractivity contribution is 5.96. The number of rotatable bonds is 2. The van der Waals surface area contributed by atoms with Crippen molar-refractivity contribution in [2.24, 2.45) is 0 Å². The first kappa shape index (κ1) is 14.5. The maximum absolute atomic E-state index is 12.5. The van der Waals surface area contributed by atoms with Crippen LogP contribution in [-0.2, 0) is 9.47 Å². The second-order valence-electron chi connectivity index (χ2n) is 5.02. The van der Waals surface area contributed by atoms with Gasteiger partial charge in [-0.1, -0.05) is 0 Å². The molecule has 20 heavy (non-hydrogen) atoms. The van der Waals surface area contributed by atoms with E-state index in [0.29, 0.717) is 24.3 Å². The molecule has 0 aromatic heterocycles. The van der Waals surface area contributed by atoms with Gasteiger partial charge < -0.3 is 14.4 Å². The summed E-state index contributed by atoms with van der Waals surface area (Å²) in [6, 6.07) is 6.62. The van der Waals surface area contributed by atoms with E-state index in [1.807, 2.05) is 18.7 Å². The number of carbonyl (C=O) groups is 2. The molecule has 0 unspecified atom stereocenters. The summed E-state index contributed by atoms with van der Waals surface area (Å²) < 4.78 is 10.1. The van der Waals surface area contributed by atoms with E-state index in [0.717, 1.165) is 0 Å². The van der Waals surface area contributed by atoms with Crippen LogP contribution in [0.5, 0.6) is 0 Å². The van der Waals surface area contributed by atoms with Crippen LogP contribution < -0.4 is 0 Å². The molecule has 1 aromatic carbocycles. The highest BCUT2D eigenvalue weighted by Gasteiger charge is 2.30. The van der Waals surface area contributed by atoms with E-state index < -0.39 is 5.97 Å². The van der Waals surface area contributed by atoms with Crippen molar-refractivity contribution in [3.63, 3.8) is 0 Å². The molecule has 0 spiro atoms. The van der Waals surface area contributed by atoms with E-state index in [2.05, 4.69) is 4.74 Å². The number of morpholine rings is 1. The van der Waals surface area contributed by atoms with Gasteiger partial charge in [-0.3, -0.25) is 4.79 Å². The lowest BCUT2D eigenvalue weighted by molar-refractivity contribution is -0.0249. The van der Waals surface area contributed by atoms with Crippen LogP contribution >= 0.6 is 0 Å². The fourth-order valence-electron chi connectivity index (χ4n) is 2.42. The number of esters is 1. The zero-order valence-corrected chi connectivity index (χ0v) is 12.0. The average Bonchev–Trinajstić information content (AvgIpc) is 2.46. The Balaban J connectivity index is 2.18. The third kappa shape index (κ3) is 2.82. The van der Waals surface area contributed by atoms with Crippen molar-refractivity contribution in [3.8, 4) is 0 Å². The molecule has 108 valence electrons. The summed E-state index contributed by atoms with van der Waals surface area (Å²) in [5.74, 6) is -0.443. The lowest BCUT2D eigenvalue weighted by Crippen LogP contribution is -2.52. The fourth-order valence-corrected chi connectivity index (χ4v) is 2.42. The second kappa shape index (κ2) is 6.05. The van der Waals surface area contributed by atoms with Crippen LogP contribution in [-0.4, -0.2) is 49.2 Å². The van der Waals surface area contributed by atoms with E-state index in [9.17, 15) is 9.59 Å². The van der Waals surface area contributed by atoms with E-state index in [-0.39, 0.29) is 18.0 Å². The highest BCUT2D eigenvalue weighted by Crippen LogP contribution is 2.17. The number of methoxy groups -OCH3 is 1. The van der Waals surface area contributed by atoms with Crippen LogP contribution in [0.2, 0.25) is 0 Å². The van der Waals surface area contributed by atoms with Crippen molar-refractivity contribution in [2.45, 2.75) is 25.9 Å². The van der Waals surface area contributed by atoms with Gasteiger partial charge in [0.05, 0.1) is 38.0 Å². The second-order valence-corrected chi connectivity index (χ2v) is 5.02. The van der Waals surface area contributed by atoms with Gasteiger partial charge in [-0.15, -0.1) is 0 Å². The molecule has 0 radical (unpaired) electrons. The van der Waals surface area contributed by atoms with Gasteiger partial charge >= 0.3 is 5.97 Å². The normalized spacial score (nSPS) is 22.4. The van der Waals surface area contributed by atoms with Gasteiger partial charge in [-0.05, 0) is 38.1 Å². The Kier molecular flexibility index (Phi) is 4.39. The fraction of sp³-hybridized carbons (Fsp3) is 0.467. The lowest BCUT2D eigenvalue weighted by Gasteiger charge is -2.38. The molecule has 1 amide bonds. The zero-order chi connectivity index (χ0) is 14.7. The number of ether oxygens (including phenoxy) is 2. The smallest absolute Gasteiger partial charge is 0.337 e. The molecule has 1 fully saturated rings. The molecule has 5 nitrogen and oxygen atoms in total. The third-order valence-corrected chi connectivity index (χ3v) is 3.46. The maximum Gasteiger partial charge on any atom is 0.337 e. The summed E-state index contributed by atoms with van der Waals surface area (Å²) >= 11 is 0. The van der Waals surface area contributed by atoms with Gasteiger partial charge in [0.1, 0.15) is 0 Å². The van der Waals surface area contributed by atoms with E-state index in [1.165, 1.54) is 7.11 Å². The molecule has 1 aliphatic rings. The first-order chi connectivity index (χ1) is 9.54. The Bertz CT molecular complexity index is 487. The Morgan fingerprint density at radius 3 is 2.10 bits per heavy atom. The molecule has 0 aliphatic carbocycles. The number of nitrogens with zero attached hydrogens (tertiary/aromatic N) is 1. The zero-order valence-electron chi connectivity index (χ0n) is 12.0. The third-order valence-electron chi connectivity index (χ3n) is 3.46. The molecule has 0 bridgehead atoms. The lowest BCUT2D eigenvalue weighted by atomic mass is 10.1. The monoisotopic (exact) mass is 277 g/mol. The van der Waals surface area contributed by atoms with Crippen molar-refractivity contribution < 1.29 is 19.1 Å². The first-order valence-corrected chi connectivity index (χ1v) is 6.63. The molecule has 2 rings (SSSR count). The molecule has 1 aromatic rings. The van der Waals surface area contributed by atoms with Gasteiger partial charge in [0.25, 0.3) is 5.91 Å². The van der Waals surface area contributed by atoms with Gasteiger partial charge in [-0.25, -0.2) is 4.79 Å². The van der Waals surface area contributed by atoms with Crippen molar-refractivity contribution in [3.05, 3.63) is 35.4 Å². The molecule has 1 heterocycles. The molecule has 0 N–H and O–H groups in total. The van der Waals surface area contributed by atoms with Crippen LogP contribution in [0, 0.1) is 0 Å². The number of hydrogen-bond acceptors (Lipinski definition) is 4. The van der Waals surface area contributed by atoms with Crippen LogP contribution in [0.1, 0.15) is 34.6 Å². The van der Waals surface area contributed by atoms with Crippen LogP contribution in [0.3, 0.4) is 0 Å². The van der Waals surface area contributed by atoms with Crippen molar-refractivity contribution in [1.82, 2.24) is 4.90 Å². The van der Waals surface area contributed by atoms with E-state index >= 15 is 0 Å². The average molecular weight is 277 g/mol. The van der Waals surface area contributed by atoms with Gasteiger partial charge in [0.15, 0.2) is 0 Å². The standard InChI is InChI=1S/C15H19NO4/c1-10-8-20-9-11(2)16(10)14(17)12-4-6-13(7-5-12)15(18)19-3/h4-7,10-11H,8-9H2,1-3H3/t10-,11-/m1/s1. The van der Waals surface area contributed by atoms with Gasteiger partial charge in [-0.2, -0.15) is 0 Å². The Labute approximate surface area is 118 Å². The van der Waals surface area contributed by atoms with Crippen molar-refractivity contribution >= 4 is 11.9 Å². The number of carbonyl (C=O) groups excluding carboxylic acids is 2. The predicted molar refractivity (Wildman–Crippen MR) is 73.7 cm³/mol. The molecular formula is C15H19NO4. The minimum atomic E-state index is -0.405. The molecule has 2 atom stereocenters. The molecule has 5 heteroatoms. The number of hydrogen-bond donors (Lipinski definition) is 0. The van der Waals surface area contributed by atoms with Crippen molar-refractivity contribution in [1.29, 1.82) is 0 Å². The van der Waals surface area contributed by atoms with Crippen LogP contribution in [0.25, 0.3) is 0 Å². The highest BCUT2D eigenvalue weighted by atomic mass is 16.5. The van der Waals surface area contributed by atoms with E-state index in [4.69, 9.17) is 4.74 Å². The molecule has 1 saturated heterocycles. The Hall–Kier alpha value is -1.88.